The first-order valence-corrected chi connectivity index (χ1v) is 2.80. The SMILES string of the molecule is COC(=O)N(C=O)CS. The molecule has 0 aliphatic rings. The van der Waals surface area contributed by atoms with Gasteiger partial charge in [-0.2, -0.15) is 12.6 Å². The summed E-state index contributed by atoms with van der Waals surface area (Å²) in [7, 11) is 1.20. The van der Waals surface area contributed by atoms with Gasteiger partial charge in [-0.3, -0.25) is 4.79 Å². The predicted octanol–water partition coefficient (Wildman–Crippen LogP) is 0.0985. The van der Waals surface area contributed by atoms with E-state index in [1.54, 1.807) is 0 Å². The molecule has 0 aromatic rings. The number of carbonyl (C=O) groups excluding carboxylic acids is 2. The van der Waals surface area contributed by atoms with Crippen molar-refractivity contribution in [3.05, 3.63) is 0 Å². The van der Waals surface area contributed by atoms with Gasteiger partial charge in [-0.15, -0.1) is 0 Å². The minimum atomic E-state index is -0.694. The molecule has 0 N–H and O–H groups in total. The topological polar surface area (TPSA) is 46.6 Å². The van der Waals surface area contributed by atoms with E-state index < -0.39 is 6.09 Å². The van der Waals surface area contributed by atoms with Crippen molar-refractivity contribution in [1.82, 2.24) is 4.90 Å². The Bertz CT molecular complexity index is 116. The zero-order valence-electron chi connectivity index (χ0n) is 4.90. The van der Waals surface area contributed by atoms with Crippen LogP contribution < -0.4 is 0 Å². The van der Waals surface area contributed by atoms with Crippen molar-refractivity contribution >= 4 is 25.1 Å². The minimum absolute atomic E-state index is 0.0379. The van der Waals surface area contributed by atoms with Crippen molar-refractivity contribution in [2.45, 2.75) is 0 Å². The van der Waals surface area contributed by atoms with Crippen LogP contribution in [0.2, 0.25) is 0 Å². The summed E-state index contributed by atoms with van der Waals surface area (Å²) >= 11 is 3.68. The normalized spacial score (nSPS) is 8.22. The Labute approximate surface area is 58.2 Å². The molecule has 2 amide bonds. The Morgan fingerprint density at radius 3 is 2.56 bits per heavy atom. The predicted molar refractivity (Wildman–Crippen MR) is 34.2 cm³/mol. The van der Waals surface area contributed by atoms with Crippen LogP contribution in [-0.2, 0) is 9.53 Å². The van der Waals surface area contributed by atoms with Gasteiger partial charge in [0.1, 0.15) is 0 Å². The van der Waals surface area contributed by atoms with Gasteiger partial charge in [0.15, 0.2) is 0 Å². The van der Waals surface area contributed by atoms with Gasteiger partial charge in [0.2, 0.25) is 6.41 Å². The molecule has 0 fully saturated rings. The zero-order chi connectivity index (χ0) is 7.28. The van der Waals surface area contributed by atoms with Crippen molar-refractivity contribution in [3.63, 3.8) is 0 Å². The van der Waals surface area contributed by atoms with E-state index in [2.05, 4.69) is 17.4 Å². The van der Waals surface area contributed by atoms with E-state index in [0.717, 1.165) is 4.90 Å². The lowest BCUT2D eigenvalue weighted by Crippen LogP contribution is -2.27. The highest BCUT2D eigenvalue weighted by molar-refractivity contribution is 7.80. The number of ether oxygens (including phenoxy) is 1. The average Bonchev–Trinajstić information content (AvgIpc) is 1.90. The second-order valence-corrected chi connectivity index (χ2v) is 1.47. The molecule has 0 spiro atoms. The van der Waals surface area contributed by atoms with Crippen LogP contribution in [0.1, 0.15) is 0 Å². The van der Waals surface area contributed by atoms with Crippen LogP contribution >= 0.6 is 12.6 Å². The fourth-order valence-corrected chi connectivity index (χ4v) is 0.433. The number of thiol groups is 1. The van der Waals surface area contributed by atoms with E-state index in [-0.39, 0.29) is 5.88 Å². The van der Waals surface area contributed by atoms with Gasteiger partial charge in [0.25, 0.3) is 0 Å². The molecule has 52 valence electrons. The maximum absolute atomic E-state index is 10.4. The quantitative estimate of drug-likeness (QED) is 0.344. The molecule has 0 atom stereocenters. The molecule has 5 heteroatoms. The highest BCUT2D eigenvalue weighted by Gasteiger charge is 2.08. The maximum Gasteiger partial charge on any atom is 0.416 e. The van der Waals surface area contributed by atoms with Crippen LogP contribution in [0.4, 0.5) is 4.79 Å². The van der Waals surface area contributed by atoms with Crippen LogP contribution in [0.3, 0.4) is 0 Å². The van der Waals surface area contributed by atoms with Gasteiger partial charge in [0.05, 0.1) is 13.0 Å². The van der Waals surface area contributed by atoms with Crippen LogP contribution in [0.15, 0.2) is 0 Å². The number of hydrogen-bond acceptors (Lipinski definition) is 4. The van der Waals surface area contributed by atoms with Crippen molar-refractivity contribution < 1.29 is 14.3 Å². The number of rotatable bonds is 2. The summed E-state index contributed by atoms with van der Waals surface area (Å²) in [5.41, 5.74) is 0. The summed E-state index contributed by atoms with van der Waals surface area (Å²) in [5, 5.41) is 0. The van der Waals surface area contributed by atoms with Crippen molar-refractivity contribution in [3.8, 4) is 0 Å². The van der Waals surface area contributed by atoms with Crippen LogP contribution in [-0.4, -0.2) is 30.4 Å². The Kier molecular flexibility index (Phi) is 3.87. The lowest BCUT2D eigenvalue weighted by Gasteiger charge is -2.08. The molecule has 0 rings (SSSR count). The molecule has 0 saturated heterocycles. The fourth-order valence-electron chi connectivity index (χ4n) is 0.251. The molecule has 0 aliphatic carbocycles. The van der Waals surface area contributed by atoms with Crippen molar-refractivity contribution in [1.29, 1.82) is 0 Å². The van der Waals surface area contributed by atoms with Crippen molar-refractivity contribution in [2.24, 2.45) is 0 Å². The summed E-state index contributed by atoms with van der Waals surface area (Å²) in [6.45, 7) is 0. The average molecular weight is 149 g/mol. The van der Waals surface area contributed by atoms with Crippen LogP contribution in [0.25, 0.3) is 0 Å². The molecule has 0 saturated carbocycles. The third kappa shape index (κ3) is 2.36. The highest BCUT2D eigenvalue weighted by atomic mass is 32.1. The van der Waals surface area contributed by atoms with Gasteiger partial charge < -0.3 is 4.74 Å². The van der Waals surface area contributed by atoms with Gasteiger partial charge in [-0.25, -0.2) is 9.69 Å². The molecule has 0 aromatic carbocycles. The maximum atomic E-state index is 10.4. The number of hydrogen-bond donors (Lipinski definition) is 1. The smallest absolute Gasteiger partial charge is 0.416 e. The largest absolute Gasteiger partial charge is 0.452 e. The summed E-state index contributed by atoms with van der Waals surface area (Å²) in [5.74, 6) is 0.0379. The van der Waals surface area contributed by atoms with Gasteiger partial charge in [0, 0.05) is 0 Å². The highest BCUT2D eigenvalue weighted by Crippen LogP contribution is 1.89. The van der Waals surface area contributed by atoms with Crippen LogP contribution in [0.5, 0.6) is 0 Å². The molecule has 0 radical (unpaired) electrons. The van der Waals surface area contributed by atoms with E-state index in [0.29, 0.717) is 6.41 Å². The van der Waals surface area contributed by atoms with Gasteiger partial charge in [-0.05, 0) is 0 Å². The van der Waals surface area contributed by atoms with Crippen molar-refractivity contribution in [2.75, 3.05) is 13.0 Å². The van der Waals surface area contributed by atoms with E-state index >= 15 is 0 Å². The standard InChI is InChI=1S/C4H7NO3S/c1-8-4(7)5(2-6)3-9/h2,9H,3H2,1H3. The summed E-state index contributed by atoms with van der Waals surface area (Å²) in [6, 6.07) is 0. The number of nitrogens with zero attached hydrogens (tertiary/aromatic N) is 1. The molecule has 0 heterocycles. The Balaban J connectivity index is 3.78. The number of carbonyl (C=O) groups is 2. The van der Waals surface area contributed by atoms with Gasteiger partial charge >= 0.3 is 6.09 Å². The Morgan fingerprint density at radius 1 is 1.89 bits per heavy atom. The monoisotopic (exact) mass is 149 g/mol. The first-order valence-electron chi connectivity index (χ1n) is 2.17. The minimum Gasteiger partial charge on any atom is -0.452 e. The lowest BCUT2D eigenvalue weighted by atomic mass is 10.9. The molecule has 4 nitrogen and oxygen atoms in total. The first-order chi connectivity index (χ1) is 4.26. The summed E-state index contributed by atoms with van der Waals surface area (Å²) in [4.78, 5) is 21.1. The molecule has 0 bridgehead atoms. The zero-order valence-corrected chi connectivity index (χ0v) is 5.80. The summed E-state index contributed by atoms with van der Waals surface area (Å²) in [6.07, 6.45) is -0.334. The Morgan fingerprint density at radius 2 is 2.44 bits per heavy atom. The molecular weight excluding hydrogens is 142 g/mol. The van der Waals surface area contributed by atoms with Gasteiger partial charge in [-0.1, -0.05) is 0 Å². The van der Waals surface area contributed by atoms with Crippen LogP contribution in [0, 0.1) is 0 Å². The van der Waals surface area contributed by atoms with E-state index in [1.807, 2.05) is 0 Å². The van der Waals surface area contributed by atoms with E-state index in [1.165, 1.54) is 7.11 Å². The second-order valence-electron chi connectivity index (χ2n) is 1.19. The molecule has 0 aromatic heterocycles. The molecule has 0 unspecified atom stereocenters. The molecule has 0 aliphatic heterocycles. The third-order valence-electron chi connectivity index (χ3n) is 0.689. The number of amides is 2. The second kappa shape index (κ2) is 4.20. The van der Waals surface area contributed by atoms with E-state index in [4.69, 9.17) is 0 Å². The number of methoxy groups -OCH3 is 1. The third-order valence-corrected chi connectivity index (χ3v) is 0.993. The molecular formula is C4H7NO3S. The lowest BCUT2D eigenvalue weighted by molar-refractivity contribution is -0.115. The molecule has 9 heavy (non-hydrogen) atoms. The fraction of sp³-hybridized carbons (Fsp3) is 0.500. The summed E-state index contributed by atoms with van der Waals surface area (Å²) < 4.78 is 4.20. The first kappa shape index (κ1) is 8.29. The van der Waals surface area contributed by atoms with E-state index in [9.17, 15) is 9.59 Å². The number of imide groups is 1. The Hall–Kier alpha value is -0.710.